The van der Waals surface area contributed by atoms with E-state index in [1.807, 2.05) is 0 Å². The van der Waals surface area contributed by atoms with Gasteiger partial charge in [0.25, 0.3) is 5.69 Å². The first-order valence-electron chi connectivity index (χ1n) is 11.1. The Bertz CT molecular complexity index is 1260. The van der Waals surface area contributed by atoms with Crippen LogP contribution in [0.1, 0.15) is 11.1 Å². The van der Waals surface area contributed by atoms with Crippen LogP contribution in [-0.2, 0) is 13.2 Å². The van der Waals surface area contributed by atoms with Crippen molar-refractivity contribution in [2.75, 3.05) is 11.4 Å². The van der Waals surface area contributed by atoms with Crippen molar-refractivity contribution < 1.29 is 50.2 Å². The maximum absolute atomic E-state index is 13.3. The number of nitro benzene ring substituents is 1. The van der Waals surface area contributed by atoms with Crippen molar-refractivity contribution in [3.8, 4) is 11.5 Å². The Labute approximate surface area is 217 Å². The molecule has 3 rings (SSSR count). The third-order valence-electron chi connectivity index (χ3n) is 5.28. The van der Waals surface area contributed by atoms with Crippen LogP contribution in [0.5, 0.6) is 11.5 Å². The summed E-state index contributed by atoms with van der Waals surface area (Å²) in [5, 5.41) is 20.5. The van der Waals surface area contributed by atoms with Crippen LogP contribution in [-0.4, -0.2) is 41.4 Å². The number of anilines is 1. The zero-order chi connectivity index (χ0) is 28.8. The highest BCUT2D eigenvalue weighted by molar-refractivity contribution is 5.50. The Morgan fingerprint density at radius 2 is 1.54 bits per heavy atom. The summed E-state index contributed by atoms with van der Waals surface area (Å²) in [7, 11) is 0. The van der Waals surface area contributed by atoms with E-state index in [1.54, 1.807) is 6.07 Å². The second-order valence-corrected chi connectivity index (χ2v) is 8.26. The highest BCUT2D eigenvalue weighted by Crippen LogP contribution is 2.30. The quantitative estimate of drug-likeness (QED) is 0.158. The van der Waals surface area contributed by atoms with Gasteiger partial charge in [-0.2, -0.15) is 30.7 Å². The van der Waals surface area contributed by atoms with Crippen LogP contribution in [0.2, 0.25) is 0 Å². The summed E-state index contributed by atoms with van der Waals surface area (Å²) < 4.78 is 100. The van der Waals surface area contributed by atoms with E-state index in [-0.39, 0.29) is 35.8 Å². The predicted octanol–water partition coefficient (Wildman–Crippen LogP) is 6.34. The number of aliphatic hydroxyl groups excluding tert-OH is 1. The number of nitrogens with zero attached hydrogens (tertiary/aromatic N) is 2. The number of rotatable bonds is 12. The number of alkyl halides is 7. The van der Waals surface area contributed by atoms with Gasteiger partial charge in [-0.3, -0.25) is 10.1 Å². The van der Waals surface area contributed by atoms with Crippen molar-refractivity contribution >= 4 is 11.4 Å². The van der Waals surface area contributed by atoms with E-state index in [0.29, 0.717) is 5.56 Å². The number of hydrogen-bond acceptors (Lipinski definition) is 6. The largest absolute Gasteiger partial charge is 0.489 e. The van der Waals surface area contributed by atoms with Crippen LogP contribution in [0.3, 0.4) is 0 Å². The molecule has 14 heteroatoms. The van der Waals surface area contributed by atoms with E-state index in [9.17, 15) is 46.0 Å². The van der Waals surface area contributed by atoms with Crippen LogP contribution in [0.15, 0.2) is 72.8 Å². The fourth-order valence-electron chi connectivity index (χ4n) is 3.38. The highest BCUT2D eigenvalue weighted by atomic mass is 19.4. The fourth-order valence-corrected chi connectivity index (χ4v) is 3.38. The standard InChI is InChI=1S/C25H21F7N2O5/c26-23(27)25(31,32)39-21-6-2-3-16(12-21)13-33(14-22(35)24(28,29)30)18-7-9-20(10-8-18)38-15-17-4-1-5-19(11-17)34(36)37/h1-12,22-23,35H,13-15H2. The van der Waals surface area contributed by atoms with Gasteiger partial charge in [0.1, 0.15) is 18.1 Å². The Kier molecular flexibility index (Phi) is 9.22. The topological polar surface area (TPSA) is 85.1 Å². The highest BCUT2D eigenvalue weighted by Gasteiger charge is 2.44. The molecule has 39 heavy (non-hydrogen) atoms. The van der Waals surface area contributed by atoms with Crippen LogP contribution in [0.25, 0.3) is 0 Å². The lowest BCUT2D eigenvalue weighted by atomic mass is 10.1. The number of halogens is 7. The summed E-state index contributed by atoms with van der Waals surface area (Å²) in [5.41, 5.74) is 0.698. The first-order valence-corrected chi connectivity index (χ1v) is 11.1. The molecule has 210 valence electrons. The van der Waals surface area contributed by atoms with E-state index < -0.39 is 42.0 Å². The molecule has 0 bridgehead atoms. The van der Waals surface area contributed by atoms with Crippen molar-refractivity contribution in [2.45, 2.75) is 38.0 Å². The lowest BCUT2D eigenvalue weighted by Crippen LogP contribution is -2.40. The number of hydrogen-bond donors (Lipinski definition) is 1. The average Bonchev–Trinajstić information content (AvgIpc) is 2.87. The van der Waals surface area contributed by atoms with Gasteiger partial charge in [0, 0.05) is 24.4 Å². The minimum absolute atomic E-state index is 0.0342. The Hall–Kier alpha value is -4.07. The third-order valence-corrected chi connectivity index (χ3v) is 5.28. The lowest BCUT2D eigenvalue weighted by molar-refractivity contribution is -0.384. The van der Waals surface area contributed by atoms with Gasteiger partial charge in [-0.1, -0.05) is 24.3 Å². The molecule has 0 fully saturated rings. The smallest absolute Gasteiger partial charge is 0.461 e. The molecule has 0 aliphatic rings. The molecular formula is C25H21F7N2O5. The van der Waals surface area contributed by atoms with Gasteiger partial charge in [0.2, 0.25) is 0 Å². The molecule has 0 heterocycles. The van der Waals surface area contributed by atoms with E-state index in [4.69, 9.17) is 4.74 Å². The lowest BCUT2D eigenvalue weighted by Gasteiger charge is -2.28. The summed E-state index contributed by atoms with van der Waals surface area (Å²) in [4.78, 5) is 11.4. The number of aliphatic hydroxyl groups is 1. The number of non-ortho nitro benzene ring substituents is 1. The van der Waals surface area contributed by atoms with Crippen molar-refractivity contribution in [2.24, 2.45) is 0 Å². The van der Waals surface area contributed by atoms with Crippen LogP contribution in [0.4, 0.5) is 42.1 Å². The molecule has 0 aliphatic carbocycles. The molecule has 1 N–H and O–H groups in total. The van der Waals surface area contributed by atoms with Gasteiger partial charge >= 0.3 is 18.7 Å². The maximum Gasteiger partial charge on any atom is 0.461 e. The summed E-state index contributed by atoms with van der Waals surface area (Å²) in [6.07, 6.45) is -16.6. The molecule has 7 nitrogen and oxygen atoms in total. The zero-order valence-corrected chi connectivity index (χ0v) is 19.8. The molecule has 1 unspecified atom stereocenters. The van der Waals surface area contributed by atoms with Gasteiger partial charge in [-0.25, -0.2) is 0 Å². The van der Waals surface area contributed by atoms with Gasteiger partial charge in [-0.05, 0) is 47.5 Å². The first kappa shape index (κ1) is 29.5. The van der Waals surface area contributed by atoms with Gasteiger partial charge < -0.3 is 19.5 Å². The molecule has 0 spiro atoms. The molecule has 0 aliphatic heterocycles. The molecule has 3 aromatic rings. The number of ether oxygens (including phenoxy) is 2. The predicted molar refractivity (Wildman–Crippen MR) is 125 cm³/mol. The zero-order valence-electron chi connectivity index (χ0n) is 19.8. The van der Waals surface area contributed by atoms with Gasteiger partial charge in [-0.15, -0.1) is 0 Å². The van der Waals surface area contributed by atoms with Crippen LogP contribution < -0.4 is 14.4 Å². The van der Waals surface area contributed by atoms with E-state index in [1.165, 1.54) is 54.6 Å². The first-order chi connectivity index (χ1) is 18.2. The minimum atomic E-state index is -4.95. The fraction of sp³-hybridized carbons (Fsp3) is 0.280. The summed E-state index contributed by atoms with van der Waals surface area (Å²) >= 11 is 0. The van der Waals surface area contributed by atoms with E-state index in [2.05, 4.69) is 4.74 Å². The monoisotopic (exact) mass is 562 g/mol. The van der Waals surface area contributed by atoms with Crippen molar-refractivity contribution in [3.63, 3.8) is 0 Å². The molecule has 0 saturated carbocycles. The van der Waals surface area contributed by atoms with Gasteiger partial charge in [0.15, 0.2) is 6.10 Å². The van der Waals surface area contributed by atoms with Gasteiger partial charge in [0.05, 0.1) is 11.5 Å². The SMILES string of the molecule is O=[N+]([O-])c1cccc(COc2ccc(N(Cc3cccc(OC(F)(F)C(F)F)c3)CC(O)C(F)(F)F)cc2)c1. The second kappa shape index (κ2) is 12.2. The minimum Gasteiger partial charge on any atom is -0.489 e. The molecular weight excluding hydrogens is 541 g/mol. The van der Waals surface area contributed by atoms with Crippen molar-refractivity contribution in [3.05, 3.63) is 94.0 Å². The van der Waals surface area contributed by atoms with E-state index >= 15 is 0 Å². The molecule has 0 saturated heterocycles. The average molecular weight is 562 g/mol. The third kappa shape index (κ3) is 8.46. The second-order valence-electron chi connectivity index (χ2n) is 8.26. The van der Waals surface area contributed by atoms with Crippen molar-refractivity contribution in [1.29, 1.82) is 0 Å². The van der Waals surface area contributed by atoms with Crippen molar-refractivity contribution in [1.82, 2.24) is 0 Å². The maximum atomic E-state index is 13.3. The normalized spacial score (nSPS) is 12.7. The molecule has 0 amide bonds. The summed E-state index contributed by atoms with van der Waals surface area (Å²) in [5.74, 6) is -0.342. The number of nitro groups is 1. The van der Waals surface area contributed by atoms with E-state index in [0.717, 1.165) is 17.0 Å². The Morgan fingerprint density at radius 1 is 0.897 bits per heavy atom. The Morgan fingerprint density at radius 3 is 2.15 bits per heavy atom. The molecule has 0 aromatic heterocycles. The molecule has 0 radical (unpaired) electrons. The Balaban J connectivity index is 1.77. The van der Waals surface area contributed by atoms with Crippen LogP contribution >= 0.6 is 0 Å². The molecule has 1 atom stereocenters. The summed E-state index contributed by atoms with van der Waals surface area (Å²) in [6.45, 7) is -1.30. The van der Waals surface area contributed by atoms with Crippen LogP contribution in [0, 0.1) is 10.1 Å². The number of benzene rings is 3. The summed E-state index contributed by atoms with van der Waals surface area (Å²) in [6, 6.07) is 15.9. The molecule has 3 aromatic carbocycles.